The second kappa shape index (κ2) is 10.6. The van der Waals surface area contributed by atoms with Crippen molar-refractivity contribution in [2.24, 2.45) is 0 Å². The fraction of sp³-hybridized carbons (Fsp3) is 0.533. The van der Waals surface area contributed by atoms with Crippen LogP contribution in [0.15, 0.2) is 24.3 Å². The Labute approximate surface area is 144 Å². The third-order valence-corrected chi connectivity index (χ3v) is 4.43. The molecule has 0 saturated carbocycles. The number of carbonyl (C=O) groups is 1. The Kier molecular flexibility index (Phi) is 10.1. The summed E-state index contributed by atoms with van der Waals surface area (Å²) in [6.45, 7) is 4.67. The van der Waals surface area contributed by atoms with Crippen LogP contribution in [-0.4, -0.2) is 34.0 Å². The topological polar surface area (TPSA) is 87.3 Å². The van der Waals surface area contributed by atoms with E-state index in [0.29, 0.717) is 19.5 Å². The number of amides is 1. The molecule has 23 heavy (non-hydrogen) atoms. The van der Waals surface area contributed by atoms with Gasteiger partial charge in [0.1, 0.15) is 0 Å². The maximum Gasteiger partial charge on any atom is 0.221 e. The highest BCUT2D eigenvalue weighted by Gasteiger charge is 2.12. The molecule has 1 aromatic rings. The molecular formula is C15H26ClN3O3S. The third kappa shape index (κ3) is 9.55. The highest BCUT2D eigenvalue weighted by atomic mass is 35.5. The molecule has 0 fully saturated rings. The molecule has 3 N–H and O–H groups in total. The second-order valence-electron chi connectivity index (χ2n) is 5.48. The van der Waals surface area contributed by atoms with Crippen LogP contribution in [0.1, 0.15) is 31.4 Å². The molecule has 1 aromatic carbocycles. The smallest absolute Gasteiger partial charge is 0.221 e. The average molecular weight is 364 g/mol. The van der Waals surface area contributed by atoms with Gasteiger partial charge >= 0.3 is 0 Å². The summed E-state index contributed by atoms with van der Waals surface area (Å²) in [4.78, 5) is 11.5. The average Bonchev–Trinajstić information content (AvgIpc) is 2.42. The molecule has 0 spiro atoms. The van der Waals surface area contributed by atoms with E-state index in [1.807, 2.05) is 12.1 Å². The van der Waals surface area contributed by atoms with Crippen molar-refractivity contribution >= 4 is 28.3 Å². The van der Waals surface area contributed by atoms with Crippen LogP contribution in [0.3, 0.4) is 0 Å². The molecule has 0 radical (unpaired) electrons. The molecular weight excluding hydrogens is 338 g/mol. The Bertz CT molecular complexity index is 574. The molecule has 0 aliphatic rings. The Morgan fingerprint density at radius 2 is 1.70 bits per heavy atom. The van der Waals surface area contributed by atoms with Crippen molar-refractivity contribution in [3.8, 4) is 0 Å². The first-order valence-electron chi connectivity index (χ1n) is 7.31. The van der Waals surface area contributed by atoms with Gasteiger partial charge in [0, 0.05) is 25.6 Å². The lowest BCUT2D eigenvalue weighted by Crippen LogP contribution is -2.31. The molecule has 0 atom stereocenters. The lowest BCUT2D eigenvalue weighted by Gasteiger charge is -2.10. The standard InChI is InChI=1S/C15H25N3O3S.ClH/c1-12(2)18-22(20,21)11-14-6-4-13(5-7-14)10-17-15(19)8-9-16-3;/h4-7,12,16,18H,8-11H2,1-3H3,(H,17,19);1H. The van der Waals surface area contributed by atoms with Crippen molar-refractivity contribution < 1.29 is 13.2 Å². The largest absolute Gasteiger partial charge is 0.352 e. The Hall–Kier alpha value is -1.15. The lowest BCUT2D eigenvalue weighted by molar-refractivity contribution is -0.121. The highest BCUT2D eigenvalue weighted by Crippen LogP contribution is 2.08. The van der Waals surface area contributed by atoms with Gasteiger partial charge in [-0.25, -0.2) is 13.1 Å². The van der Waals surface area contributed by atoms with Crippen LogP contribution in [-0.2, 0) is 27.1 Å². The number of nitrogens with one attached hydrogen (secondary N) is 3. The van der Waals surface area contributed by atoms with Gasteiger partial charge in [0.05, 0.1) is 5.75 Å². The van der Waals surface area contributed by atoms with Gasteiger partial charge in [-0.05, 0) is 32.0 Å². The predicted octanol–water partition coefficient (Wildman–Crippen LogP) is 1.16. The van der Waals surface area contributed by atoms with Crippen molar-refractivity contribution in [3.05, 3.63) is 35.4 Å². The van der Waals surface area contributed by atoms with Crippen molar-refractivity contribution in [3.63, 3.8) is 0 Å². The van der Waals surface area contributed by atoms with Crippen LogP contribution < -0.4 is 15.4 Å². The molecule has 1 rings (SSSR count). The van der Waals surface area contributed by atoms with Crippen LogP contribution in [0.5, 0.6) is 0 Å². The number of rotatable bonds is 9. The molecule has 0 aromatic heterocycles. The first-order valence-corrected chi connectivity index (χ1v) is 8.97. The summed E-state index contributed by atoms with van der Waals surface area (Å²) < 4.78 is 26.2. The lowest BCUT2D eigenvalue weighted by atomic mass is 10.1. The summed E-state index contributed by atoms with van der Waals surface area (Å²) >= 11 is 0. The van der Waals surface area contributed by atoms with E-state index >= 15 is 0 Å². The van der Waals surface area contributed by atoms with E-state index in [2.05, 4.69) is 15.4 Å². The van der Waals surface area contributed by atoms with Crippen LogP contribution in [0.4, 0.5) is 0 Å². The molecule has 0 unspecified atom stereocenters. The maximum atomic E-state index is 11.8. The normalized spacial score (nSPS) is 11.1. The summed E-state index contributed by atoms with van der Waals surface area (Å²) in [6, 6.07) is 7.09. The molecule has 0 aliphatic heterocycles. The quantitative estimate of drug-likeness (QED) is 0.614. The number of hydrogen-bond acceptors (Lipinski definition) is 4. The van der Waals surface area contributed by atoms with E-state index in [9.17, 15) is 13.2 Å². The third-order valence-electron chi connectivity index (χ3n) is 2.89. The van der Waals surface area contributed by atoms with Crippen LogP contribution in [0.25, 0.3) is 0 Å². The van der Waals surface area contributed by atoms with E-state index in [-0.39, 0.29) is 30.1 Å². The van der Waals surface area contributed by atoms with E-state index < -0.39 is 10.0 Å². The Morgan fingerprint density at radius 1 is 1.13 bits per heavy atom. The van der Waals surface area contributed by atoms with Crippen LogP contribution >= 0.6 is 12.4 Å². The fourth-order valence-electron chi connectivity index (χ4n) is 1.90. The van der Waals surface area contributed by atoms with Crippen molar-refractivity contribution in [1.82, 2.24) is 15.4 Å². The van der Waals surface area contributed by atoms with E-state index in [1.54, 1.807) is 33.0 Å². The van der Waals surface area contributed by atoms with Gasteiger partial charge in [0.25, 0.3) is 0 Å². The van der Waals surface area contributed by atoms with Crippen molar-refractivity contribution in [2.75, 3.05) is 13.6 Å². The van der Waals surface area contributed by atoms with Crippen molar-refractivity contribution in [1.29, 1.82) is 0 Å². The van der Waals surface area contributed by atoms with Gasteiger partial charge in [-0.2, -0.15) is 0 Å². The van der Waals surface area contributed by atoms with E-state index in [1.165, 1.54) is 0 Å². The Morgan fingerprint density at radius 3 is 2.22 bits per heavy atom. The summed E-state index contributed by atoms with van der Waals surface area (Å²) in [5.41, 5.74) is 1.66. The summed E-state index contributed by atoms with van der Waals surface area (Å²) in [6.07, 6.45) is 0.438. The molecule has 0 heterocycles. The summed E-state index contributed by atoms with van der Waals surface area (Å²) in [5, 5.41) is 5.73. The van der Waals surface area contributed by atoms with Gasteiger partial charge in [0.2, 0.25) is 15.9 Å². The monoisotopic (exact) mass is 363 g/mol. The zero-order chi connectivity index (χ0) is 16.6. The number of sulfonamides is 1. The summed E-state index contributed by atoms with van der Waals surface area (Å²) in [5.74, 6) is -0.0536. The SMILES string of the molecule is CNCCC(=O)NCc1ccc(CS(=O)(=O)NC(C)C)cc1.Cl. The zero-order valence-corrected chi connectivity index (χ0v) is 15.4. The predicted molar refractivity (Wildman–Crippen MR) is 95.0 cm³/mol. The molecule has 6 nitrogen and oxygen atoms in total. The van der Waals surface area contributed by atoms with Gasteiger partial charge in [0.15, 0.2) is 0 Å². The van der Waals surface area contributed by atoms with Crippen molar-refractivity contribution in [2.45, 2.75) is 38.6 Å². The first-order chi connectivity index (χ1) is 10.3. The maximum absolute atomic E-state index is 11.8. The van der Waals surface area contributed by atoms with Gasteiger partial charge in [-0.15, -0.1) is 12.4 Å². The number of halogens is 1. The van der Waals surface area contributed by atoms with Crippen LogP contribution in [0, 0.1) is 0 Å². The molecule has 1 amide bonds. The number of carbonyl (C=O) groups excluding carboxylic acids is 1. The zero-order valence-electron chi connectivity index (χ0n) is 13.8. The minimum Gasteiger partial charge on any atom is -0.352 e. The summed E-state index contributed by atoms with van der Waals surface area (Å²) in [7, 11) is -1.51. The number of hydrogen-bond donors (Lipinski definition) is 3. The molecule has 132 valence electrons. The minimum absolute atomic E-state index is 0. The molecule has 0 aliphatic carbocycles. The minimum atomic E-state index is -3.31. The van der Waals surface area contributed by atoms with E-state index in [4.69, 9.17) is 0 Å². The van der Waals surface area contributed by atoms with Crippen LogP contribution in [0.2, 0.25) is 0 Å². The van der Waals surface area contributed by atoms with Gasteiger partial charge in [-0.1, -0.05) is 24.3 Å². The van der Waals surface area contributed by atoms with Gasteiger partial charge < -0.3 is 10.6 Å². The highest BCUT2D eigenvalue weighted by molar-refractivity contribution is 7.88. The second-order valence-corrected chi connectivity index (χ2v) is 7.23. The molecule has 0 saturated heterocycles. The number of benzene rings is 1. The van der Waals surface area contributed by atoms with E-state index in [0.717, 1.165) is 11.1 Å². The fourth-order valence-corrected chi connectivity index (χ4v) is 3.33. The molecule has 0 bridgehead atoms. The first kappa shape index (κ1) is 21.9. The van der Waals surface area contributed by atoms with Gasteiger partial charge in [-0.3, -0.25) is 4.79 Å². The molecule has 8 heteroatoms. The Balaban J connectivity index is 0.00000484.